The van der Waals surface area contributed by atoms with Crippen LogP contribution in [0, 0.1) is 22.7 Å². The maximum atomic E-state index is 8.79. The summed E-state index contributed by atoms with van der Waals surface area (Å²) in [7, 11) is 0. The number of nitriles is 1. The van der Waals surface area contributed by atoms with Gasteiger partial charge in [-0.05, 0) is 30.7 Å². The minimum Gasteiger partial charge on any atom is -0.381 e. The molecule has 18 heavy (non-hydrogen) atoms. The van der Waals surface area contributed by atoms with E-state index < -0.39 is 0 Å². The summed E-state index contributed by atoms with van der Waals surface area (Å²) in [5.41, 5.74) is 1.99. The van der Waals surface area contributed by atoms with Gasteiger partial charge in [-0.3, -0.25) is 0 Å². The first-order valence-corrected chi connectivity index (χ1v) is 6.51. The van der Waals surface area contributed by atoms with Crippen LogP contribution in [-0.2, 0) is 4.74 Å². The van der Waals surface area contributed by atoms with Crippen molar-refractivity contribution in [1.29, 1.82) is 5.26 Å². The van der Waals surface area contributed by atoms with Gasteiger partial charge in [0, 0.05) is 29.7 Å². The van der Waals surface area contributed by atoms with Gasteiger partial charge in [0.15, 0.2) is 0 Å². The Morgan fingerprint density at radius 2 is 2.06 bits per heavy atom. The molecule has 0 amide bonds. The van der Waals surface area contributed by atoms with Crippen molar-refractivity contribution in [3.8, 4) is 6.07 Å². The molecule has 1 aliphatic heterocycles. The van der Waals surface area contributed by atoms with Gasteiger partial charge in [-0.15, -0.1) is 0 Å². The highest BCUT2D eigenvalue weighted by Crippen LogP contribution is 2.53. The third-order valence-electron chi connectivity index (χ3n) is 4.44. The molecule has 3 atom stereocenters. The number of hydrogen-bond acceptors (Lipinski definition) is 3. The Balaban J connectivity index is 1.74. The van der Waals surface area contributed by atoms with E-state index in [0.717, 1.165) is 18.7 Å². The third kappa shape index (κ3) is 1.60. The molecule has 0 spiro atoms. The molecule has 1 saturated carbocycles. The van der Waals surface area contributed by atoms with Gasteiger partial charge in [0.1, 0.15) is 0 Å². The molecule has 1 aromatic rings. The fourth-order valence-electron chi connectivity index (χ4n) is 3.44. The van der Waals surface area contributed by atoms with Gasteiger partial charge in [-0.2, -0.15) is 5.26 Å². The highest BCUT2D eigenvalue weighted by Gasteiger charge is 2.59. The fraction of sp³-hybridized carbons (Fsp3) is 0.533. The molecule has 94 valence electrons. The second-order valence-corrected chi connectivity index (χ2v) is 5.88. The Morgan fingerprint density at radius 1 is 1.33 bits per heavy atom. The minimum absolute atomic E-state index is 0.190. The van der Waals surface area contributed by atoms with Crippen LogP contribution in [0.3, 0.4) is 0 Å². The van der Waals surface area contributed by atoms with Crippen LogP contribution in [0.5, 0.6) is 0 Å². The zero-order valence-electron chi connectivity index (χ0n) is 10.8. The van der Waals surface area contributed by atoms with Crippen LogP contribution in [-0.4, -0.2) is 18.8 Å². The minimum atomic E-state index is 0.190. The van der Waals surface area contributed by atoms with Crippen LogP contribution < -0.4 is 5.32 Å². The van der Waals surface area contributed by atoms with Crippen molar-refractivity contribution >= 4 is 5.69 Å². The Morgan fingerprint density at radius 3 is 2.72 bits per heavy atom. The van der Waals surface area contributed by atoms with Crippen molar-refractivity contribution in [1.82, 2.24) is 0 Å². The van der Waals surface area contributed by atoms with Crippen LogP contribution in [0.15, 0.2) is 24.3 Å². The lowest BCUT2D eigenvalue weighted by atomic mass is 9.57. The third-order valence-corrected chi connectivity index (χ3v) is 4.44. The smallest absolute Gasteiger partial charge is 0.0991 e. The highest BCUT2D eigenvalue weighted by atomic mass is 16.5. The molecular weight excluding hydrogens is 224 g/mol. The Kier molecular flexibility index (Phi) is 2.57. The van der Waals surface area contributed by atoms with Gasteiger partial charge in [0.2, 0.25) is 0 Å². The first kappa shape index (κ1) is 11.6. The van der Waals surface area contributed by atoms with Gasteiger partial charge >= 0.3 is 0 Å². The van der Waals surface area contributed by atoms with E-state index in [9.17, 15) is 0 Å². The van der Waals surface area contributed by atoms with Crippen LogP contribution in [0.1, 0.15) is 25.8 Å². The molecule has 0 aromatic heterocycles. The van der Waals surface area contributed by atoms with Crippen molar-refractivity contribution in [3.05, 3.63) is 29.8 Å². The number of nitrogens with zero attached hydrogens (tertiary/aromatic N) is 1. The standard InChI is InChI=1S/C15H18N2O/c1-15(2)13(12-7-8-18-14(12)15)17-11-5-3-10(9-16)4-6-11/h3-6,12-14,17H,7-8H2,1-2H3. The van der Waals surface area contributed by atoms with Crippen LogP contribution in [0.2, 0.25) is 0 Å². The molecule has 1 aromatic carbocycles. The van der Waals surface area contributed by atoms with E-state index in [1.165, 1.54) is 0 Å². The van der Waals surface area contributed by atoms with Gasteiger partial charge in [0.25, 0.3) is 0 Å². The van der Waals surface area contributed by atoms with E-state index in [2.05, 4.69) is 25.2 Å². The Hall–Kier alpha value is -1.53. The maximum absolute atomic E-state index is 8.79. The summed E-state index contributed by atoms with van der Waals surface area (Å²) in [5, 5.41) is 12.4. The van der Waals surface area contributed by atoms with Crippen LogP contribution >= 0.6 is 0 Å². The highest BCUT2D eigenvalue weighted by molar-refractivity contribution is 5.49. The van der Waals surface area contributed by atoms with E-state index in [1.54, 1.807) is 0 Å². The van der Waals surface area contributed by atoms with Crippen molar-refractivity contribution in [2.45, 2.75) is 32.4 Å². The van der Waals surface area contributed by atoms with E-state index in [0.29, 0.717) is 23.6 Å². The lowest BCUT2D eigenvalue weighted by Gasteiger charge is -2.55. The zero-order valence-corrected chi connectivity index (χ0v) is 10.8. The van der Waals surface area contributed by atoms with Gasteiger partial charge < -0.3 is 10.1 Å². The van der Waals surface area contributed by atoms with Crippen molar-refractivity contribution < 1.29 is 4.74 Å². The molecule has 2 fully saturated rings. The number of rotatable bonds is 2. The predicted molar refractivity (Wildman–Crippen MR) is 70.2 cm³/mol. The summed E-state index contributed by atoms with van der Waals surface area (Å²) < 4.78 is 5.79. The normalized spacial score (nSPS) is 32.2. The molecule has 3 unspecified atom stereocenters. The fourth-order valence-corrected chi connectivity index (χ4v) is 3.44. The number of fused-ring (bicyclic) bond motifs is 1. The molecular formula is C15H18N2O. The molecule has 2 aliphatic rings. The summed E-state index contributed by atoms with van der Waals surface area (Å²) >= 11 is 0. The van der Waals surface area contributed by atoms with Crippen LogP contribution in [0.25, 0.3) is 0 Å². The number of anilines is 1. The zero-order chi connectivity index (χ0) is 12.8. The second-order valence-electron chi connectivity index (χ2n) is 5.88. The molecule has 3 nitrogen and oxygen atoms in total. The van der Waals surface area contributed by atoms with Gasteiger partial charge in [-0.1, -0.05) is 13.8 Å². The first-order valence-electron chi connectivity index (χ1n) is 6.51. The Bertz CT molecular complexity index is 486. The predicted octanol–water partition coefficient (Wildman–Crippen LogP) is 2.78. The van der Waals surface area contributed by atoms with Crippen molar-refractivity contribution in [2.75, 3.05) is 11.9 Å². The average molecular weight is 242 g/mol. The summed E-state index contributed by atoms with van der Waals surface area (Å²) in [4.78, 5) is 0. The summed E-state index contributed by atoms with van der Waals surface area (Å²) in [6.07, 6.45) is 1.57. The number of benzene rings is 1. The van der Waals surface area contributed by atoms with Crippen molar-refractivity contribution in [2.24, 2.45) is 11.3 Å². The molecule has 3 heteroatoms. The molecule has 3 rings (SSSR count). The van der Waals surface area contributed by atoms with Crippen LogP contribution in [0.4, 0.5) is 5.69 Å². The molecule has 0 bridgehead atoms. The van der Waals surface area contributed by atoms with Gasteiger partial charge in [0.05, 0.1) is 17.7 Å². The van der Waals surface area contributed by atoms with Gasteiger partial charge in [-0.25, -0.2) is 0 Å². The first-order chi connectivity index (χ1) is 8.63. The summed E-state index contributed by atoms with van der Waals surface area (Å²) in [6.45, 7) is 5.42. The lowest BCUT2D eigenvalue weighted by molar-refractivity contribution is -0.0923. The average Bonchev–Trinajstić information content (AvgIpc) is 2.83. The molecule has 1 saturated heterocycles. The maximum Gasteiger partial charge on any atom is 0.0991 e. The van der Waals surface area contributed by atoms with E-state index in [4.69, 9.17) is 10.00 Å². The van der Waals surface area contributed by atoms with E-state index in [1.807, 2.05) is 24.3 Å². The topological polar surface area (TPSA) is 45.0 Å². The number of ether oxygens (including phenoxy) is 1. The monoisotopic (exact) mass is 242 g/mol. The summed E-state index contributed by atoms with van der Waals surface area (Å²) in [5.74, 6) is 0.635. The second kappa shape index (κ2) is 4.00. The molecule has 1 N–H and O–H groups in total. The summed E-state index contributed by atoms with van der Waals surface area (Å²) in [6, 6.07) is 10.3. The van der Waals surface area contributed by atoms with E-state index in [-0.39, 0.29) is 5.41 Å². The number of nitrogens with one attached hydrogen (secondary N) is 1. The lowest BCUT2D eigenvalue weighted by Crippen LogP contribution is -2.63. The van der Waals surface area contributed by atoms with Crippen molar-refractivity contribution in [3.63, 3.8) is 0 Å². The largest absolute Gasteiger partial charge is 0.381 e. The SMILES string of the molecule is CC1(C)C(Nc2ccc(C#N)cc2)C2CCOC21. The Labute approximate surface area is 108 Å². The molecule has 0 radical (unpaired) electrons. The number of hydrogen-bond donors (Lipinski definition) is 1. The quantitative estimate of drug-likeness (QED) is 0.867. The van der Waals surface area contributed by atoms with E-state index >= 15 is 0 Å². The molecule has 1 aliphatic carbocycles. The molecule has 1 heterocycles.